The first-order chi connectivity index (χ1) is 28.7. The lowest BCUT2D eigenvalue weighted by Gasteiger charge is -2.14. The first-order valence-corrected chi connectivity index (χ1v) is 19.4. The fraction of sp³-hybridized carbons (Fsp3) is 0. The average molecular weight is 740 g/mol. The Morgan fingerprint density at radius 1 is 0.276 bits per heavy atom. The minimum atomic E-state index is 0.633. The molecule has 0 fully saturated rings. The zero-order valence-corrected chi connectivity index (χ0v) is 31.3. The zero-order chi connectivity index (χ0) is 38.4. The fourth-order valence-corrected chi connectivity index (χ4v) is 7.92. The van der Waals surface area contributed by atoms with Crippen LogP contribution in [0, 0.1) is 0 Å². The Morgan fingerprint density at radius 2 is 0.776 bits per heavy atom. The highest BCUT2D eigenvalue weighted by atomic mass is 15.0. The summed E-state index contributed by atoms with van der Waals surface area (Å²) < 4.78 is 0. The Bertz CT molecular complexity index is 3250. The van der Waals surface area contributed by atoms with Crippen molar-refractivity contribution in [2.24, 2.45) is 0 Å². The van der Waals surface area contributed by atoms with Gasteiger partial charge in [0.25, 0.3) is 0 Å². The molecule has 0 saturated heterocycles. The maximum Gasteiger partial charge on any atom is 0.164 e. The Morgan fingerprint density at radius 3 is 1.45 bits per heavy atom. The minimum Gasteiger partial charge on any atom is -0.247 e. The third kappa shape index (κ3) is 6.03. The van der Waals surface area contributed by atoms with Gasteiger partial charge in [0.1, 0.15) is 0 Å². The summed E-state index contributed by atoms with van der Waals surface area (Å²) in [7, 11) is 0. The molecule has 270 valence electrons. The van der Waals surface area contributed by atoms with E-state index in [1.54, 1.807) is 0 Å². The third-order valence-corrected chi connectivity index (χ3v) is 10.9. The number of hydrogen-bond donors (Lipinski definition) is 0. The van der Waals surface area contributed by atoms with Crippen molar-refractivity contribution in [2.45, 2.75) is 0 Å². The van der Waals surface area contributed by atoms with E-state index in [9.17, 15) is 0 Å². The van der Waals surface area contributed by atoms with E-state index in [-0.39, 0.29) is 0 Å². The van der Waals surface area contributed by atoms with E-state index in [0.717, 1.165) is 82.9 Å². The zero-order valence-electron chi connectivity index (χ0n) is 31.3. The summed E-state index contributed by atoms with van der Waals surface area (Å²) in [5, 5.41) is 6.80. The van der Waals surface area contributed by atoms with Crippen LogP contribution in [0.2, 0.25) is 0 Å². The molecule has 5 heteroatoms. The fourth-order valence-electron chi connectivity index (χ4n) is 7.92. The molecule has 0 bridgehead atoms. The summed E-state index contributed by atoms with van der Waals surface area (Å²) in [6.07, 6.45) is 0. The topological polar surface area (TPSA) is 64.5 Å². The number of benzene rings is 8. The van der Waals surface area contributed by atoms with Crippen LogP contribution in [0.1, 0.15) is 0 Å². The molecule has 0 aliphatic heterocycles. The molecular weight excluding hydrogens is 707 g/mol. The van der Waals surface area contributed by atoms with E-state index in [1.165, 1.54) is 10.8 Å². The van der Waals surface area contributed by atoms with Crippen molar-refractivity contribution in [3.63, 3.8) is 0 Å². The lowest BCUT2D eigenvalue weighted by Crippen LogP contribution is -2.00. The van der Waals surface area contributed by atoms with Crippen LogP contribution in [0.4, 0.5) is 0 Å². The molecule has 0 aliphatic carbocycles. The molecule has 0 N–H and O–H groups in total. The van der Waals surface area contributed by atoms with Crippen LogP contribution >= 0.6 is 0 Å². The van der Waals surface area contributed by atoms with E-state index in [4.69, 9.17) is 24.9 Å². The van der Waals surface area contributed by atoms with Gasteiger partial charge in [0.05, 0.1) is 22.4 Å². The monoisotopic (exact) mass is 739 g/mol. The predicted molar refractivity (Wildman–Crippen MR) is 238 cm³/mol. The molecule has 58 heavy (non-hydrogen) atoms. The summed E-state index contributed by atoms with van der Waals surface area (Å²) >= 11 is 0. The standard InChI is InChI=1S/C53H33N5/c1-3-12-39(13-4-1)51-56-52(40-14-5-2-6-15-40)58-53(57-51)41-26-21-36(22-27-41)35-19-24-37(25-20-35)50-48-45(44-17-9-10-18-47(44)55-50)31-29-38-30-32-46(54-49(38)48)43-28-23-34-11-7-8-16-42(34)33-43/h1-33H. The molecular formula is C53H33N5. The molecule has 11 aromatic rings. The van der Waals surface area contributed by atoms with E-state index < -0.39 is 0 Å². The van der Waals surface area contributed by atoms with Crippen LogP contribution < -0.4 is 0 Å². The predicted octanol–water partition coefficient (Wildman–Crippen LogP) is 13.3. The van der Waals surface area contributed by atoms with Crippen LogP contribution in [-0.2, 0) is 0 Å². The van der Waals surface area contributed by atoms with Gasteiger partial charge in [-0.2, -0.15) is 0 Å². The second-order valence-electron chi connectivity index (χ2n) is 14.5. The van der Waals surface area contributed by atoms with Crippen LogP contribution in [0.25, 0.3) is 111 Å². The van der Waals surface area contributed by atoms with Crippen molar-refractivity contribution in [2.75, 3.05) is 0 Å². The maximum absolute atomic E-state index is 5.36. The normalized spacial score (nSPS) is 11.4. The van der Waals surface area contributed by atoms with Gasteiger partial charge >= 0.3 is 0 Å². The molecule has 0 atom stereocenters. The average Bonchev–Trinajstić information content (AvgIpc) is 3.31. The molecule has 0 aliphatic rings. The summed E-state index contributed by atoms with van der Waals surface area (Å²) in [5.41, 5.74) is 10.9. The van der Waals surface area contributed by atoms with Crippen molar-refractivity contribution in [3.05, 3.63) is 200 Å². The van der Waals surface area contributed by atoms with Gasteiger partial charge in [0, 0.05) is 44.0 Å². The van der Waals surface area contributed by atoms with E-state index in [1.807, 2.05) is 60.7 Å². The molecule has 3 heterocycles. The minimum absolute atomic E-state index is 0.633. The Labute approximate surface area is 335 Å². The second kappa shape index (κ2) is 14.0. The Kier molecular flexibility index (Phi) is 8.07. The van der Waals surface area contributed by atoms with Crippen molar-refractivity contribution >= 4 is 43.4 Å². The molecule has 0 amide bonds. The van der Waals surface area contributed by atoms with Gasteiger partial charge in [-0.15, -0.1) is 0 Å². The number of para-hydroxylation sites is 1. The molecule has 0 spiro atoms. The molecule has 0 unspecified atom stereocenters. The number of rotatable bonds is 6. The highest BCUT2D eigenvalue weighted by molar-refractivity contribution is 6.20. The second-order valence-corrected chi connectivity index (χ2v) is 14.5. The Balaban J connectivity index is 0.982. The Hall–Kier alpha value is -7.89. The van der Waals surface area contributed by atoms with Crippen molar-refractivity contribution in [1.29, 1.82) is 0 Å². The summed E-state index contributed by atoms with van der Waals surface area (Å²) in [6.45, 7) is 0. The van der Waals surface area contributed by atoms with Gasteiger partial charge in [0.15, 0.2) is 17.5 Å². The first-order valence-electron chi connectivity index (χ1n) is 19.4. The maximum atomic E-state index is 5.36. The van der Waals surface area contributed by atoms with E-state index >= 15 is 0 Å². The largest absolute Gasteiger partial charge is 0.247 e. The molecule has 0 radical (unpaired) electrons. The lowest BCUT2D eigenvalue weighted by molar-refractivity contribution is 1.07. The third-order valence-electron chi connectivity index (χ3n) is 10.9. The summed E-state index contributed by atoms with van der Waals surface area (Å²) in [4.78, 5) is 25.4. The van der Waals surface area contributed by atoms with E-state index in [2.05, 4.69) is 140 Å². The van der Waals surface area contributed by atoms with Gasteiger partial charge in [-0.3, -0.25) is 0 Å². The summed E-state index contributed by atoms with van der Waals surface area (Å²) in [5.74, 6) is 1.92. The van der Waals surface area contributed by atoms with Crippen molar-refractivity contribution in [1.82, 2.24) is 24.9 Å². The molecule has 5 nitrogen and oxygen atoms in total. The number of pyridine rings is 2. The van der Waals surface area contributed by atoms with E-state index in [0.29, 0.717) is 17.5 Å². The number of fused-ring (bicyclic) bond motifs is 6. The SMILES string of the molecule is c1ccc(-c2nc(-c3ccccc3)nc(-c3ccc(-c4ccc(-c5nc6ccccc6c6ccc7ccc(-c8ccc9ccccc9c8)nc7c56)cc4)cc3)n2)cc1. The molecule has 0 saturated carbocycles. The lowest BCUT2D eigenvalue weighted by atomic mass is 9.95. The quantitative estimate of drug-likeness (QED) is 0.159. The molecule has 11 rings (SSSR count). The molecule has 3 aromatic heterocycles. The summed E-state index contributed by atoms with van der Waals surface area (Å²) in [6, 6.07) is 69.4. The van der Waals surface area contributed by atoms with Crippen LogP contribution in [0.3, 0.4) is 0 Å². The molecule has 8 aromatic carbocycles. The number of nitrogens with zero attached hydrogens (tertiary/aromatic N) is 5. The number of hydrogen-bond acceptors (Lipinski definition) is 5. The van der Waals surface area contributed by atoms with Crippen LogP contribution in [0.5, 0.6) is 0 Å². The van der Waals surface area contributed by atoms with Gasteiger partial charge in [-0.1, -0.05) is 182 Å². The van der Waals surface area contributed by atoms with Crippen molar-refractivity contribution in [3.8, 4) is 67.8 Å². The highest BCUT2D eigenvalue weighted by Gasteiger charge is 2.17. The number of aromatic nitrogens is 5. The van der Waals surface area contributed by atoms with Gasteiger partial charge in [-0.05, 0) is 45.5 Å². The van der Waals surface area contributed by atoms with Crippen LogP contribution in [-0.4, -0.2) is 24.9 Å². The highest BCUT2D eigenvalue weighted by Crippen LogP contribution is 2.38. The van der Waals surface area contributed by atoms with Gasteiger partial charge in [0.2, 0.25) is 0 Å². The van der Waals surface area contributed by atoms with Gasteiger partial charge < -0.3 is 0 Å². The van der Waals surface area contributed by atoms with Crippen molar-refractivity contribution < 1.29 is 0 Å². The smallest absolute Gasteiger partial charge is 0.164 e. The van der Waals surface area contributed by atoms with Crippen LogP contribution in [0.15, 0.2) is 200 Å². The van der Waals surface area contributed by atoms with Gasteiger partial charge in [-0.25, -0.2) is 24.9 Å². The first kappa shape index (κ1) is 33.4.